The number of thioether (sulfide) groups is 1. The summed E-state index contributed by atoms with van der Waals surface area (Å²) in [6.07, 6.45) is 7.26. The van der Waals surface area contributed by atoms with E-state index in [0.29, 0.717) is 13.0 Å². The van der Waals surface area contributed by atoms with Crippen LogP contribution in [0.4, 0.5) is 0 Å². The molecule has 0 aromatic rings. The van der Waals surface area contributed by atoms with Crippen LogP contribution in [0.2, 0.25) is 0 Å². The number of hydrogen-bond acceptors (Lipinski definition) is 3. The first kappa shape index (κ1) is 12.8. The first-order chi connectivity index (χ1) is 7.22. The van der Waals surface area contributed by atoms with Crippen molar-refractivity contribution in [3.05, 3.63) is 0 Å². The molecular formula is C11H22N2OS. The average Bonchev–Trinajstić information content (AvgIpc) is 2.18. The molecule has 0 aliphatic heterocycles. The highest BCUT2D eigenvalue weighted by atomic mass is 32.2. The molecule has 1 rings (SSSR count). The van der Waals surface area contributed by atoms with Gasteiger partial charge in [-0.3, -0.25) is 4.79 Å². The molecule has 0 radical (unpaired) electrons. The third kappa shape index (κ3) is 4.03. The standard InChI is InChI=1S/C11H22N2OS/c1-15-7-3-6-13-10(14)8-11(9-12)4-2-5-11/h2-9,12H2,1H3,(H,13,14). The van der Waals surface area contributed by atoms with Crippen LogP contribution in [-0.4, -0.2) is 31.0 Å². The molecule has 1 amide bonds. The van der Waals surface area contributed by atoms with Gasteiger partial charge in [0.1, 0.15) is 0 Å². The van der Waals surface area contributed by atoms with Crippen molar-refractivity contribution in [3.63, 3.8) is 0 Å². The van der Waals surface area contributed by atoms with E-state index in [4.69, 9.17) is 5.73 Å². The van der Waals surface area contributed by atoms with Gasteiger partial charge in [0.25, 0.3) is 0 Å². The lowest BCUT2D eigenvalue weighted by Crippen LogP contribution is -2.42. The molecule has 88 valence electrons. The van der Waals surface area contributed by atoms with Gasteiger partial charge in [-0.25, -0.2) is 0 Å². The van der Waals surface area contributed by atoms with E-state index >= 15 is 0 Å². The van der Waals surface area contributed by atoms with Gasteiger partial charge in [-0.1, -0.05) is 6.42 Å². The fourth-order valence-corrected chi connectivity index (χ4v) is 2.41. The van der Waals surface area contributed by atoms with E-state index in [0.717, 1.165) is 31.6 Å². The Hall–Kier alpha value is -0.220. The highest BCUT2D eigenvalue weighted by Crippen LogP contribution is 2.42. The molecule has 0 bridgehead atoms. The lowest BCUT2D eigenvalue weighted by Gasteiger charge is -2.40. The van der Waals surface area contributed by atoms with E-state index in [1.807, 2.05) is 11.8 Å². The van der Waals surface area contributed by atoms with Crippen molar-refractivity contribution in [2.75, 3.05) is 25.1 Å². The van der Waals surface area contributed by atoms with Gasteiger partial charge >= 0.3 is 0 Å². The first-order valence-corrected chi connectivity index (χ1v) is 7.07. The molecule has 0 atom stereocenters. The minimum atomic E-state index is 0.142. The van der Waals surface area contributed by atoms with Crippen LogP contribution in [0.25, 0.3) is 0 Å². The fraction of sp³-hybridized carbons (Fsp3) is 0.909. The van der Waals surface area contributed by atoms with Gasteiger partial charge in [-0.2, -0.15) is 11.8 Å². The maximum Gasteiger partial charge on any atom is 0.220 e. The molecule has 1 saturated carbocycles. The zero-order chi connectivity index (χ0) is 11.1. The van der Waals surface area contributed by atoms with Crippen molar-refractivity contribution in [1.82, 2.24) is 5.32 Å². The summed E-state index contributed by atoms with van der Waals surface area (Å²) in [5.74, 6) is 1.30. The van der Waals surface area contributed by atoms with Crippen molar-refractivity contribution < 1.29 is 4.79 Å². The summed E-state index contributed by atoms with van der Waals surface area (Å²) >= 11 is 1.82. The molecule has 15 heavy (non-hydrogen) atoms. The fourth-order valence-electron chi connectivity index (χ4n) is 1.98. The highest BCUT2D eigenvalue weighted by molar-refractivity contribution is 7.98. The Kier molecular flexibility index (Phi) is 5.47. The number of rotatable bonds is 7. The molecule has 0 spiro atoms. The molecule has 3 N–H and O–H groups in total. The van der Waals surface area contributed by atoms with Crippen molar-refractivity contribution >= 4 is 17.7 Å². The molecule has 1 fully saturated rings. The Morgan fingerprint density at radius 3 is 2.73 bits per heavy atom. The van der Waals surface area contributed by atoms with Crippen molar-refractivity contribution in [2.24, 2.45) is 11.1 Å². The van der Waals surface area contributed by atoms with Gasteiger partial charge in [0.15, 0.2) is 0 Å². The number of carbonyl (C=O) groups excluding carboxylic acids is 1. The van der Waals surface area contributed by atoms with E-state index in [-0.39, 0.29) is 11.3 Å². The third-order valence-electron chi connectivity index (χ3n) is 3.23. The molecule has 0 heterocycles. The number of nitrogens with two attached hydrogens (primary N) is 1. The van der Waals surface area contributed by atoms with Crippen molar-refractivity contribution in [1.29, 1.82) is 0 Å². The van der Waals surface area contributed by atoms with Crippen LogP contribution in [0.3, 0.4) is 0 Å². The minimum absolute atomic E-state index is 0.142. The molecule has 0 aromatic carbocycles. The van der Waals surface area contributed by atoms with E-state index < -0.39 is 0 Å². The summed E-state index contributed by atoms with van der Waals surface area (Å²) in [4.78, 5) is 11.6. The molecule has 0 saturated heterocycles. The molecule has 3 nitrogen and oxygen atoms in total. The second kappa shape index (κ2) is 6.38. The van der Waals surface area contributed by atoms with E-state index in [2.05, 4.69) is 11.6 Å². The van der Waals surface area contributed by atoms with Crippen LogP contribution in [0.15, 0.2) is 0 Å². The SMILES string of the molecule is CSCCCNC(=O)CC1(CN)CCC1. The van der Waals surface area contributed by atoms with Crippen molar-refractivity contribution in [2.45, 2.75) is 32.1 Å². The quantitative estimate of drug-likeness (QED) is 0.650. The van der Waals surface area contributed by atoms with Gasteiger partial charge in [-0.15, -0.1) is 0 Å². The van der Waals surface area contributed by atoms with Crippen LogP contribution in [0, 0.1) is 5.41 Å². The van der Waals surface area contributed by atoms with Gasteiger partial charge in [0.2, 0.25) is 5.91 Å². The van der Waals surface area contributed by atoms with Crippen LogP contribution in [0.5, 0.6) is 0 Å². The average molecular weight is 230 g/mol. The molecule has 4 heteroatoms. The number of hydrogen-bond donors (Lipinski definition) is 2. The molecular weight excluding hydrogens is 208 g/mol. The normalized spacial score (nSPS) is 18.3. The van der Waals surface area contributed by atoms with Crippen LogP contribution < -0.4 is 11.1 Å². The van der Waals surface area contributed by atoms with Crippen LogP contribution >= 0.6 is 11.8 Å². The topological polar surface area (TPSA) is 55.1 Å². The number of nitrogens with one attached hydrogen (secondary N) is 1. The smallest absolute Gasteiger partial charge is 0.220 e. The lowest BCUT2D eigenvalue weighted by atomic mass is 9.66. The summed E-state index contributed by atoms with van der Waals surface area (Å²) in [6, 6.07) is 0. The maximum absolute atomic E-state index is 11.6. The first-order valence-electron chi connectivity index (χ1n) is 5.68. The molecule has 0 unspecified atom stereocenters. The zero-order valence-electron chi connectivity index (χ0n) is 9.55. The van der Waals surface area contributed by atoms with E-state index in [1.54, 1.807) is 0 Å². The summed E-state index contributed by atoms with van der Waals surface area (Å²) in [5, 5.41) is 2.97. The maximum atomic E-state index is 11.6. The van der Waals surface area contributed by atoms with Gasteiger partial charge in [0, 0.05) is 13.0 Å². The lowest BCUT2D eigenvalue weighted by molar-refractivity contribution is -0.124. The summed E-state index contributed by atoms with van der Waals surface area (Å²) in [6.45, 7) is 1.46. The highest BCUT2D eigenvalue weighted by Gasteiger charge is 2.37. The van der Waals surface area contributed by atoms with Crippen molar-refractivity contribution in [3.8, 4) is 0 Å². The second-order valence-corrected chi connectivity index (χ2v) is 5.42. The Balaban J connectivity index is 2.12. The Bertz CT molecular complexity index is 199. The largest absolute Gasteiger partial charge is 0.356 e. The van der Waals surface area contributed by atoms with Gasteiger partial charge in [0.05, 0.1) is 0 Å². The molecule has 1 aliphatic rings. The van der Waals surface area contributed by atoms with Crippen LogP contribution in [0.1, 0.15) is 32.1 Å². The minimum Gasteiger partial charge on any atom is -0.356 e. The number of amides is 1. The van der Waals surface area contributed by atoms with E-state index in [1.165, 1.54) is 6.42 Å². The Labute approximate surface area is 96.6 Å². The van der Waals surface area contributed by atoms with E-state index in [9.17, 15) is 4.79 Å². The summed E-state index contributed by atoms with van der Waals surface area (Å²) < 4.78 is 0. The Morgan fingerprint density at radius 2 is 2.27 bits per heavy atom. The number of carbonyl (C=O) groups is 1. The predicted molar refractivity (Wildman–Crippen MR) is 66.0 cm³/mol. The predicted octanol–water partition coefficient (Wildman–Crippen LogP) is 1.37. The Morgan fingerprint density at radius 1 is 1.53 bits per heavy atom. The van der Waals surface area contributed by atoms with Gasteiger partial charge < -0.3 is 11.1 Å². The van der Waals surface area contributed by atoms with Gasteiger partial charge in [-0.05, 0) is 43.2 Å². The molecule has 1 aliphatic carbocycles. The zero-order valence-corrected chi connectivity index (χ0v) is 10.4. The van der Waals surface area contributed by atoms with Crippen LogP contribution in [-0.2, 0) is 4.79 Å². The summed E-state index contributed by atoms with van der Waals surface area (Å²) in [5.41, 5.74) is 5.85. The monoisotopic (exact) mass is 230 g/mol. The second-order valence-electron chi connectivity index (χ2n) is 4.43. The third-order valence-corrected chi connectivity index (χ3v) is 3.93. The summed E-state index contributed by atoms with van der Waals surface area (Å²) in [7, 11) is 0. The molecule has 0 aromatic heterocycles.